The lowest BCUT2D eigenvalue weighted by Crippen LogP contribution is -1.91. The molecule has 1 heterocycles. The zero-order valence-electron chi connectivity index (χ0n) is 8.89. The van der Waals surface area contributed by atoms with Gasteiger partial charge in [-0.3, -0.25) is 15.1 Å². The Kier molecular flexibility index (Phi) is 2.26. The van der Waals surface area contributed by atoms with Crippen LogP contribution in [0.2, 0.25) is 5.02 Å². The molecule has 0 amide bonds. The van der Waals surface area contributed by atoms with E-state index in [1.165, 1.54) is 12.1 Å². The van der Waals surface area contributed by atoms with Crippen LogP contribution in [0.15, 0.2) is 24.4 Å². The summed E-state index contributed by atoms with van der Waals surface area (Å²) in [6, 6.07) is 4.60. The van der Waals surface area contributed by atoms with Gasteiger partial charge in [0, 0.05) is 23.7 Å². The zero-order chi connectivity index (χ0) is 12.0. The van der Waals surface area contributed by atoms with Gasteiger partial charge in [-0.1, -0.05) is 11.6 Å². The molecule has 0 unspecified atom stereocenters. The molecule has 17 heavy (non-hydrogen) atoms. The van der Waals surface area contributed by atoms with Crippen LogP contribution in [-0.4, -0.2) is 9.91 Å². The predicted molar refractivity (Wildman–Crippen MR) is 65.4 cm³/mol. The lowest BCUT2D eigenvalue weighted by molar-refractivity contribution is -0.384. The number of aromatic nitrogens is 1. The third-order valence-corrected chi connectivity index (χ3v) is 3.46. The molecule has 5 heteroatoms. The first kappa shape index (κ1) is 10.5. The highest BCUT2D eigenvalue weighted by atomic mass is 35.5. The topological polar surface area (TPSA) is 56.0 Å². The highest BCUT2D eigenvalue weighted by molar-refractivity contribution is 6.36. The van der Waals surface area contributed by atoms with Gasteiger partial charge in [-0.15, -0.1) is 0 Å². The number of nitro benzene ring substituents is 1. The molecule has 0 N–H and O–H groups in total. The first-order chi connectivity index (χ1) is 8.16. The van der Waals surface area contributed by atoms with Gasteiger partial charge in [-0.2, -0.15) is 0 Å². The Bertz CT molecular complexity index is 623. The summed E-state index contributed by atoms with van der Waals surface area (Å²) < 4.78 is 0. The van der Waals surface area contributed by atoms with E-state index in [2.05, 4.69) is 4.98 Å². The van der Waals surface area contributed by atoms with Crippen molar-refractivity contribution in [3.63, 3.8) is 0 Å². The van der Waals surface area contributed by atoms with Crippen LogP contribution in [0.5, 0.6) is 0 Å². The maximum atomic E-state index is 10.7. The van der Waals surface area contributed by atoms with Crippen LogP contribution in [-0.2, 0) is 0 Å². The van der Waals surface area contributed by atoms with Gasteiger partial charge >= 0.3 is 0 Å². The third-order valence-electron chi connectivity index (χ3n) is 3.04. The molecule has 0 bridgehead atoms. The van der Waals surface area contributed by atoms with Crippen molar-refractivity contribution < 1.29 is 4.92 Å². The molecule has 0 spiro atoms. The molecule has 1 saturated carbocycles. The summed E-state index contributed by atoms with van der Waals surface area (Å²) in [6.45, 7) is 0. The van der Waals surface area contributed by atoms with Crippen molar-refractivity contribution in [2.45, 2.75) is 18.8 Å². The second-order valence-corrected chi connectivity index (χ2v) is 4.64. The van der Waals surface area contributed by atoms with Gasteiger partial charge in [0.2, 0.25) is 0 Å². The van der Waals surface area contributed by atoms with Crippen LogP contribution in [0.3, 0.4) is 0 Å². The molecule has 3 rings (SSSR count). The summed E-state index contributed by atoms with van der Waals surface area (Å²) >= 11 is 6.30. The standard InChI is InChI=1S/C12H9ClN2O2/c13-12-9-4-3-8(15(16)17)5-11(9)14-6-10(12)7-1-2-7/h3-7H,1-2H2. The summed E-state index contributed by atoms with van der Waals surface area (Å²) in [5.74, 6) is 0.523. The molecular formula is C12H9ClN2O2. The van der Waals surface area contributed by atoms with Gasteiger partial charge in [-0.05, 0) is 30.4 Å². The number of benzene rings is 1. The van der Waals surface area contributed by atoms with Crippen molar-refractivity contribution >= 4 is 28.2 Å². The minimum absolute atomic E-state index is 0.0419. The summed E-state index contributed by atoms with van der Waals surface area (Å²) in [5, 5.41) is 12.1. The highest BCUT2D eigenvalue weighted by Gasteiger charge is 2.27. The van der Waals surface area contributed by atoms with E-state index in [1.807, 2.05) is 0 Å². The maximum absolute atomic E-state index is 10.7. The molecule has 0 atom stereocenters. The van der Waals surface area contributed by atoms with Crippen molar-refractivity contribution in [2.75, 3.05) is 0 Å². The van der Waals surface area contributed by atoms with Gasteiger partial charge in [-0.25, -0.2) is 0 Å². The fourth-order valence-electron chi connectivity index (χ4n) is 1.96. The van der Waals surface area contributed by atoms with E-state index in [1.54, 1.807) is 12.3 Å². The summed E-state index contributed by atoms with van der Waals surface area (Å²) in [6.07, 6.45) is 4.05. The van der Waals surface area contributed by atoms with Gasteiger partial charge in [0.05, 0.1) is 15.5 Å². The average molecular weight is 249 g/mol. The van der Waals surface area contributed by atoms with Crippen molar-refractivity contribution in [1.82, 2.24) is 4.98 Å². The minimum Gasteiger partial charge on any atom is -0.258 e. The Hall–Kier alpha value is -1.68. The monoisotopic (exact) mass is 248 g/mol. The van der Waals surface area contributed by atoms with Gasteiger partial charge in [0.1, 0.15) is 0 Å². The van der Waals surface area contributed by atoms with E-state index in [9.17, 15) is 10.1 Å². The summed E-state index contributed by atoms with van der Waals surface area (Å²) in [4.78, 5) is 14.5. The zero-order valence-corrected chi connectivity index (χ0v) is 9.65. The SMILES string of the molecule is O=[N+]([O-])c1ccc2c(Cl)c(C3CC3)cnc2c1. The van der Waals surface area contributed by atoms with Crippen LogP contribution in [0, 0.1) is 10.1 Å². The summed E-state index contributed by atoms with van der Waals surface area (Å²) in [5.41, 5.74) is 1.68. The molecular weight excluding hydrogens is 240 g/mol. The Morgan fingerprint density at radius 3 is 2.82 bits per heavy atom. The molecule has 0 saturated heterocycles. The second kappa shape index (κ2) is 3.67. The van der Waals surface area contributed by atoms with Crippen LogP contribution in [0.1, 0.15) is 24.3 Å². The molecule has 86 valence electrons. The average Bonchev–Trinajstić information content (AvgIpc) is 3.13. The third kappa shape index (κ3) is 1.74. The molecule has 0 radical (unpaired) electrons. The number of nitrogens with zero attached hydrogens (tertiary/aromatic N) is 2. The number of hydrogen-bond donors (Lipinski definition) is 0. The number of rotatable bonds is 2. The molecule has 1 fully saturated rings. The fraction of sp³-hybridized carbons (Fsp3) is 0.250. The molecule has 4 nitrogen and oxygen atoms in total. The van der Waals surface area contributed by atoms with Gasteiger partial charge in [0.25, 0.3) is 5.69 Å². The number of fused-ring (bicyclic) bond motifs is 1. The number of pyridine rings is 1. The van der Waals surface area contributed by atoms with Crippen LogP contribution in [0.25, 0.3) is 10.9 Å². The van der Waals surface area contributed by atoms with Crippen LogP contribution < -0.4 is 0 Å². The summed E-state index contributed by atoms with van der Waals surface area (Å²) in [7, 11) is 0. The molecule has 1 aliphatic rings. The van der Waals surface area contributed by atoms with E-state index in [-0.39, 0.29) is 5.69 Å². The van der Waals surface area contributed by atoms with E-state index in [0.29, 0.717) is 16.5 Å². The quantitative estimate of drug-likeness (QED) is 0.602. The number of hydrogen-bond acceptors (Lipinski definition) is 3. The van der Waals surface area contributed by atoms with E-state index >= 15 is 0 Å². The molecule has 1 aliphatic carbocycles. The fourth-order valence-corrected chi connectivity index (χ4v) is 2.32. The first-order valence-corrected chi connectivity index (χ1v) is 5.77. The lowest BCUT2D eigenvalue weighted by Gasteiger charge is -2.05. The molecule has 1 aromatic heterocycles. The van der Waals surface area contributed by atoms with E-state index < -0.39 is 4.92 Å². The Balaban J connectivity index is 2.20. The smallest absolute Gasteiger partial charge is 0.258 e. The van der Waals surface area contributed by atoms with Crippen molar-refractivity contribution in [2.24, 2.45) is 0 Å². The van der Waals surface area contributed by atoms with Crippen molar-refractivity contribution in [3.05, 3.63) is 45.1 Å². The number of halogens is 1. The van der Waals surface area contributed by atoms with E-state index in [4.69, 9.17) is 11.6 Å². The molecule has 0 aliphatic heterocycles. The van der Waals surface area contributed by atoms with Gasteiger partial charge < -0.3 is 0 Å². The normalized spacial score (nSPS) is 15.1. The van der Waals surface area contributed by atoms with E-state index in [0.717, 1.165) is 23.8 Å². The van der Waals surface area contributed by atoms with Crippen molar-refractivity contribution in [3.8, 4) is 0 Å². The Labute approximate surface area is 102 Å². The Morgan fingerprint density at radius 1 is 1.41 bits per heavy atom. The molecule has 2 aromatic rings. The van der Waals surface area contributed by atoms with Crippen LogP contribution in [0.4, 0.5) is 5.69 Å². The number of nitro groups is 1. The number of non-ortho nitro benzene ring substituents is 1. The van der Waals surface area contributed by atoms with Crippen molar-refractivity contribution in [1.29, 1.82) is 0 Å². The minimum atomic E-state index is -0.427. The first-order valence-electron chi connectivity index (χ1n) is 5.39. The largest absolute Gasteiger partial charge is 0.271 e. The Morgan fingerprint density at radius 2 is 2.18 bits per heavy atom. The van der Waals surface area contributed by atoms with Crippen LogP contribution >= 0.6 is 11.6 Å². The highest BCUT2D eigenvalue weighted by Crippen LogP contribution is 2.44. The maximum Gasteiger partial charge on any atom is 0.271 e. The molecule has 1 aromatic carbocycles. The second-order valence-electron chi connectivity index (χ2n) is 4.26. The lowest BCUT2D eigenvalue weighted by atomic mass is 10.1. The van der Waals surface area contributed by atoms with Gasteiger partial charge in [0.15, 0.2) is 0 Å². The predicted octanol–water partition coefficient (Wildman–Crippen LogP) is 3.67.